The third-order valence-electron chi connectivity index (χ3n) is 1.43. The van der Waals surface area contributed by atoms with Crippen LogP contribution >= 0.6 is 0 Å². The molecule has 1 aromatic heterocycles. The molecule has 2 N–H and O–H groups in total. The zero-order valence-electron chi connectivity index (χ0n) is 6.51. The molecule has 0 spiro atoms. The molecule has 0 radical (unpaired) electrons. The fraction of sp³-hybridized carbons (Fsp3) is 0.571. The van der Waals surface area contributed by atoms with E-state index < -0.39 is 0 Å². The Bertz CT molecular complexity index is 208. The van der Waals surface area contributed by atoms with Crippen LogP contribution in [-0.2, 0) is 0 Å². The maximum absolute atomic E-state index is 5.54. The summed E-state index contributed by atoms with van der Waals surface area (Å²) in [4.78, 5) is 4.12. The third kappa shape index (κ3) is 1.19. The number of aryl methyl sites for hydroxylation is 2. The summed E-state index contributed by atoms with van der Waals surface area (Å²) < 4.78 is 5.24. The van der Waals surface area contributed by atoms with E-state index in [2.05, 4.69) is 4.98 Å². The van der Waals surface area contributed by atoms with Gasteiger partial charge in [-0.25, -0.2) is 4.98 Å². The lowest BCUT2D eigenvalue weighted by Gasteiger charge is -1.94. The second-order valence-corrected chi connectivity index (χ2v) is 2.48. The smallest absolute Gasteiger partial charge is 0.211 e. The van der Waals surface area contributed by atoms with Crippen LogP contribution < -0.4 is 5.73 Å². The number of nitrogens with two attached hydrogens (primary N) is 1. The van der Waals surface area contributed by atoms with Crippen LogP contribution in [-0.4, -0.2) is 4.98 Å². The topological polar surface area (TPSA) is 52.0 Å². The second kappa shape index (κ2) is 2.42. The first-order valence-corrected chi connectivity index (χ1v) is 3.30. The Kier molecular flexibility index (Phi) is 1.76. The van der Waals surface area contributed by atoms with E-state index in [9.17, 15) is 0 Å². The Balaban J connectivity index is 2.98. The molecular weight excluding hydrogens is 128 g/mol. The highest BCUT2D eigenvalue weighted by molar-refractivity contribution is 5.06. The number of oxazole rings is 1. The number of hydrogen-bond acceptors (Lipinski definition) is 3. The Morgan fingerprint density at radius 3 is 2.30 bits per heavy atom. The van der Waals surface area contributed by atoms with E-state index in [1.165, 1.54) is 0 Å². The van der Waals surface area contributed by atoms with Gasteiger partial charge in [0.05, 0.1) is 11.7 Å². The maximum Gasteiger partial charge on any atom is 0.211 e. The number of aromatic nitrogens is 1. The first-order chi connectivity index (χ1) is 4.61. The third-order valence-corrected chi connectivity index (χ3v) is 1.43. The van der Waals surface area contributed by atoms with Gasteiger partial charge >= 0.3 is 0 Å². The summed E-state index contributed by atoms with van der Waals surface area (Å²) in [6, 6.07) is -0.104. The van der Waals surface area contributed by atoms with Crippen molar-refractivity contribution < 1.29 is 4.42 Å². The summed E-state index contributed by atoms with van der Waals surface area (Å²) >= 11 is 0. The lowest BCUT2D eigenvalue weighted by molar-refractivity contribution is 0.443. The van der Waals surface area contributed by atoms with Gasteiger partial charge in [0, 0.05) is 0 Å². The molecule has 0 saturated heterocycles. The van der Waals surface area contributed by atoms with Gasteiger partial charge in [-0.05, 0) is 20.8 Å². The minimum Gasteiger partial charge on any atom is -0.444 e. The zero-order chi connectivity index (χ0) is 7.72. The molecule has 0 aromatic carbocycles. The highest BCUT2D eigenvalue weighted by atomic mass is 16.4. The van der Waals surface area contributed by atoms with Crippen molar-refractivity contribution >= 4 is 0 Å². The van der Waals surface area contributed by atoms with Gasteiger partial charge in [-0.2, -0.15) is 0 Å². The quantitative estimate of drug-likeness (QED) is 0.639. The van der Waals surface area contributed by atoms with Crippen LogP contribution in [0, 0.1) is 13.8 Å². The van der Waals surface area contributed by atoms with Crippen molar-refractivity contribution in [3.8, 4) is 0 Å². The summed E-state index contributed by atoms with van der Waals surface area (Å²) in [5, 5.41) is 0. The Morgan fingerprint density at radius 1 is 1.50 bits per heavy atom. The minimum atomic E-state index is -0.104. The molecule has 0 aliphatic carbocycles. The van der Waals surface area contributed by atoms with Gasteiger partial charge in [0.2, 0.25) is 5.89 Å². The SMILES string of the molecule is Cc1nc([C@@H](C)N)oc1C. The highest BCUT2D eigenvalue weighted by Crippen LogP contribution is 2.12. The second-order valence-electron chi connectivity index (χ2n) is 2.48. The van der Waals surface area contributed by atoms with Gasteiger partial charge < -0.3 is 10.2 Å². The molecular formula is C7H12N2O. The van der Waals surface area contributed by atoms with Crippen molar-refractivity contribution in [3.05, 3.63) is 17.3 Å². The predicted octanol–water partition coefficient (Wildman–Crippen LogP) is 1.31. The normalized spacial score (nSPS) is 13.6. The lowest BCUT2D eigenvalue weighted by Crippen LogP contribution is -2.04. The highest BCUT2D eigenvalue weighted by Gasteiger charge is 2.08. The van der Waals surface area contributed by atoms with Crippen LogP contribution in [0.2, 0.25) is 0 Å². The van der Waals surface area contributed by atoms with E-state index in [0.717, 1.165) is 11.5 Å². The largest absolute Gasteiger partial charge is 0.444 e. The van der Waals surface area contributed by atoms with Crippen molar-refractivity contribution in [2.75, 3.05) is 0 Å². The monoisotopic (exact) mass is 140 g/mol. The zero-order valence-corrected chi connectivity index (χ0v) is 6.51. The Hall–Kier alpha value is -0.830. The summed E-state index contributed by atoms with van der Waals surface area (Å²) in [7, 11) is 0. The van der Waals surface area contributed by atoms with Crippen molar-refractivity contribution in [1.82, 2.24) is 4.98 Å². The van der Waals surface area contributed by atoms with Crippen LogP contribution in [0.25, 0.3) is 0 Å². The van der Waals surface area contributed by atoms with E-state index >= 15 is 0 Å². The fourth-order valence-corrected chi connectivity index (χ4v) is 0.692. The molecule has 1 heterocycles. The summed E-state index contributed by atoms with van der Waals surface area (Å²) in [5.74, 6) is 1.47. The van der Waals surface area contributed by atoms with Crippen LogP contribution in [0.4, 0.5) is 0 Å². The summed E-state index contributed by atoms with van der Waals surface area (Å²) in [6.45, 7) is 5.64. The van der Waals surface area contributed by atoms with Crippen molar-refractivity contribution in [3.63, 3.8) is 0 Å². The van der Waals surface area contributed by atoms with E-state index in [4.69, 9.17) is 10.2 Å². The molecule has 0 fully saturated rings. The molecule has 56 valence electrons. The van der Waals surface area contributed by atoms with E-state index in [1.807, 2.05) is 20.8 Å². The van der Waals surface area contributed by atoms with Crippen molar-refractivity contribution in [2.45, 2.75) is 26.8 Å². The van der Waals surface area contributed by atoms with Gasteiger partial charge in [0.15, 0.2) is 0 Å². The number of nitrogens with zero attached hydrogens (tertiary/aromatic N) is 1. The molecule has 1 rings (SSSR count). The molecule has 0 unspecified atom stereocenters. The van der Waals surface area contributed by atoms with Crippen molar-refractivity contribution in [1.29, 1.82) is 0 Å². The molecule has 0 amide bonds. The number of hydrogen-bond donors (Lipinski definition) is 1. The molecule has 0 bridgehead atoms. The Labute approximate surface area is 60.2 Å². The molecule has 0 saturated carbocycles. The van der Waals surface area contributed by atoms with E-state index in [-0.39, 0.29) is 6.04 Å². The van der Waals surface area contributed by atoms with Crippen LogP contribution in [0.5, 0.6) is 0 Å². The Morgan fingerprint density at radius 2 is 2.10 bits per heavy atom. The molecule has 3 nitrogen and oxygen atoms in total. The average Bonchev–Trinajstić information content (AvgIpc) is 2.13. The first kappa shape index (κ1) is 7.28. The molecule has 0 aliphatic heterocycles. The molecule has 3 heteroatoms. The molecule has 1 atom stereocenters. The fourth-order valence-electron chi connectivity index (χ4n) is 0.692. The van der Waals surface area contributed by atoms with Gasteiger partial charge in [0.1, 0.15) is 5.76 Å². The molecule has 1 aromatic rings. The average molecular weight is 140 g/mol. The summed E-state index contributed by atoms with van der Waals surface area (Å²) in [6.07, 6.45) is 0. The van der Waals surface area contributed by atoms with Gasteiger partial charge in [-0.1, -0.05) is 0 Å². The minimum absolute atomic E-state index is 0.104. The number of rotatable bonds is 1. The van der Waals surface area contributed by atoms with Gasteiger partial charge in [-0.3, -0.25) is 0 Å². The summed E-state index contributed by atoms with van der Waals surface area (Å²) in [5.41, 5.74) is 6.46. The van der Waals surface area contributed by atoms with Gasteiger partial charge in [-0.15, -0.1) is 0 Å². The van der Waals surface area contributed by atoms with Crippen LogP contribution in [0.3, 0.4) is 0 Å². The maximum atomic E-state index is 5.54. The molecule has 10 heavy (non-hydrogen) atoms. The lowest BCUT2D eigenvalue weighted by atomic mass is 10.4. The van der Waals surface area contributed by atoms with Crippen molar-refractivity contribution in [2.24, 2.45) is 5.73 Å². The van der Waals surface area contributed by atoms with Crippen LogP contribution in [0.1, 0.15) is 30.3 Å². The predicted molar refractivity (Wildman–Crippen MR) is 38.6 cm³/mol. The van der Waals surface area contributed by atoms with Gasteiger partial charge in [0.25, 0.3) is 0 Å². The first-order valence-electron chi connectivity index (χ1n) is 3.30. The van der Waals surface area contributed by atoms with E-state index in [0.29, 0.717) is 5.89 Å². The standard InChI is InChI=1S/C7H12N2O/c1-4(8)7-9-5(2)6(3)10-7/h4H,8H2,1-3H3/t4-/m1/s1. The van der Waals surface area contributed by atoms with E-state index in [1.54, 1.807) is 0 Å². The molecule has 0 aliphatic rings. The van der Waals surface area contributed by atoms with Crippen LogP contribution in [0.15, 0.2) is 4.42 Å².